The largest absolute Gasteiger partial charge is 0.154 e. The molecule has 1 heteroatoms. The third-order valence-electron chi connectivity index (χ3n) is 7.51. The maximum atomic E-state index is 2.43. The van der Waals surface area contributed by atoms with Gasteiger partial charge in [-0.25, -0.2) is 0 Å². The maximum Gasteiger partial charge on any atom is 0.154 e. The molecule has 0 N–H and O–H groups in total. The highest BCUT2D eigenvalue weighted by molar-refractivity contribution is 7.13. The van der Waals surface area contributed by atoms with E-state index < -0.39 is 8.07 Å². The van der Waals surface area contributed by atoms with Crippen LogP contribution in [-0.4, -0.2) is 8.07 Å². The second-order valence-corrected chi connectivity index (χ2v) is 12.9. The molecule has 0 aromatic heterocycles. The highest BCUT2D eigenvalue weighted by Crippen LogP contribution is 2.60. The molecule has 3 fully saturated rings. The molecular formula is C26H28Si. The molecule has 0 unspecified atom stereocenters. The van der Waals surface area contributed by atoms with Crippen molar-refractivity contribution in [3.05, 3.63) is 91.0 Å². The van der Waals surface area contributed by atoms with Crippen molar-refractivity contribution in [2.24, 2.45) is 5.92 Å². The van der Waals surface area contributed by atoms with Gasteiger partial charge in [0.05, 0.1) is 0 Å². The molecule has 3 aliphatic carbocycles. The normalized spacial score (nSPS) is 24.7. The maximum absolute atomic E-state index is 2.43. The Bertz CT molecular complexity index is 767. The topological polar surface area (TPSA) is 0 Å². The van der Waals surface area contributed by atoms with Gasteiger partial charge in [-0.05, 0) is 45.8 Å². The number of rotatable bonds is 4. The monoisotopic (exact) mass is 368 g/mol. The van der Waals surface area contributed by atoms with E-state index in [4.69, 9.17) is 0 Å². The van der Waals surface area contributed by atoms with Gasteiger partial charge in [-0.15, -0.1) is 0 Å². The zero-order valence-corrected chi connectivity index (χ0v) is 17.0. The van der Waals surface area contributed by atoms with Crippen molar-refractivity contribution < 1.29 is 0 Å². The smallest absolute Gasteiger partial charge is 0.0624 e. The van der Waals surface area contributed by atoms with E-state index in [2.05, 4.69) is 91.0 Å². The summed E-state index contributed by atoms with van der Waals surface area (Å²) in [5, 5.41) is 5.25. The molecule has 3 aromatic carbocycles. The quantitative estimate of drug-likeness (QED) is 0.455. The minimum atomic E-state index is -2.14. The van der Waals surface area contributed by atoms with E-state index in [1.807, 2.05) is 0 Å². The Labute approximate surface area is 164 Å². The second kappa shape index (κ2) is 6.80. The van der Waals surface area contributed by atoms with Gasteiger partial charge in [-0.2, -0.15) is 0 Å². The molecule has 0 spiro atoms. The van der Waals surface area contributed by atoms with Crippen molar-refractivity contribution in [3.63, 3.8) is 0 Å². The molecule has 0 nitrogen and oxygen atoms in total. The number of fused-ring (bicyclic) bond motifs is 3. The van der Waals surface area contributed by atoms with E-state index in [9.17, 15) is 0 Å². The van der Waals surface area contributed by atoms with Crippen molar-refractivity contribution in [1.29, 1.82) is 0 Å². The van der Waals surface area contributed by atoms with Crippen LogP contribution in [0.2, 0.25) is 5.04 Å². The molecule has 0 aliphatic heterocycles. The van der Waals surface area contributed by atoms with Crippen LogP contribution in [-0.2, 0) is 0 Å². The fraction of sp³-hybridized carbons (Fsp3) is 0.308. The lowest BCUT2D eigenvalue weighted by Crippen LogP contribution is -2.74. The van der Waals surface area contributed by atoms with Gasteiger partial charge in [0, 0.05) is 0 Å². The van der Waals surface area contributed by atoms with Crippen molar-refractivity contribution >= 4 is 23.6 Å². The summed E-state index contributed by atoms with van der Waals surface area (Å²) in [5.41, 5.74) is 0. The van der Waals surface area contributed by atoms with Gasteiger partial charge < -0.3 is 0 Å². The summed E-state index contributed by atoms with van der Waals surface area (Å²) in [6, 6.07) is 34.7. The standard InChI is InChI=1S/C26H28Si/c1-4-10-23(11-5-1)27(24-12-6-2-7-13-24,25-14-8-3-9-15-25)26-19-16-22(17-20-26)18-21-26/h1-15,22H,16-21H2. The lowest BCUT2D eigenvalue weighted by molar-refractivity contribution is 0.184. The summed E-state index contributed by atoms with van der Waals surface area (Å²) in [6.07, 6.45) is 8.51. The summed E-state index contributed by atoms with van der Waals surface area (Å²) in [4.78, 5) is 0. The zero-order valence-electron chi connectivity index (χ0n) is 16.0. The highest BCUT2D eigenvalue weighted by Gasteiger charge is 2.58. The van der Waals surface area contributed by atoms with Crippen LogP contribution < -0.4 is 15.6 Å². The average Bonchev–Trinajstić information content (AvgIpc) is 2.78. The summed E-state index contributed by atoms with van der Waals surface area (Å²) in [5.74, 6) is 0.987. The van der Waals surface area contributed by atoms with Crippen LogP contribution in [0.25, 0.3) is 0 Å². The molecule has 3 saturated carbocycles. The molecule has 2 bridgehead atoms. The van der Waals surface area contributed by atoms with Crippen LogP contribution in [0.5, 0.6) is 0 Å². The minimum Gasteiger partial charge on any atom is -0.0624 e. The van der Waals surface area contributed by atoms with E-state index in [1.165, 1.54) is 38.5 Å². The Kier molecular flexibility index (Phi) is 4.28. The number of hydrogen-bond acceptors (Lipinski definition) is 0. The first-order valence-corrected chi connectivity index (χ1v) is 12.5. The van der Waals surface area contributed by atoms with Crippen LogP contribution >= 0.6 is 0 Å². The van der Waals surface area contributed by atoms with Crippen LogP contribution in [0.1, 0.15) is 38.5 Å². The molecule has 0 atom stereocenters. The van der Waals surface area contributed by atoms with Crippen molar-refractivity contribution in [1.82, 2.24) is 0 Å². The summed E-state index contributed by atoms with van der Waals surface area (Å²) < 4.78 is 0. The van der Waals surface area contributed by atoms with Gasteiger partial charge in [0.2, 0.25) is 0 Å². The van der Waals surface area contributed by atoms with Gasteiger partial charge in [0.25, 0.3) is 0 Å². The van der Waals surface area contributed by atoms with Gasteiger partial charge in [0.15, 0.2) is 8.07 Å². The fourth-order valence-corrected chi connectivity index (χ4v) is 12.8. The van der Waals surface area contributed by atoms with Crippen LogP contribution in [0.15, 0.2) is 91.0 Å². The third kappa shape index (κ3) is 2.56. The molecule has 0 heterocycles. The van der Waals surface area contributed by atoms with Crippen LogP contribution in [0.3, 0.4) is 0 Å². The van der Waals surface area contributed by atoms with Crippen molar-refractivity contribution in [2.75, 3.05) is 0 Å². The summed E-state index contributed by atoms with van der Waals surface area (Å²) >= 11 is 0. The van der Waals surface area contributed by atoms with Crippen LogP contribution in [0.4, 0.5) is 0 Å². The number of benzene rings is 3. The zero-order chi connectivity index (χ0) is 18.2. The Morgan fingerprint density at radius 2 is 0.852 bits per heavy atom. The first-order chi connectivity index (χ1) is 13.4. The van der Waals surface area contributed by atoms with Crippen LogP contribution in [0, 0.1) is 5.92 Å². The predicted molar refractivity (Wildman–Crippen MR) is 118 cm³/mol. The van der Waals surface area contributed by atoms with Gasteiger partial charge in [-0.3, -0.25) is 0 Å². The minimum absolute atomic E-state index is 0.450. The molecule has 136 valence electrons. The molecule has 0 saturated heterocycles. The predicted octanol–water partition coefficient (Wildman–Crippen LogP) is 4.88. The van der Waals surface area contributed by atoms with Crippen molar-refractivity contribution in [3.8, 4) is 0 Å². The Morgan fingerprint density at radius 3 is 1.19 bits per heavy atom. The van der Waals surface area contributed by atoms with E-state index >= 15 is 0 Å². The summed E-state index contributed by atoms with van der Waals surface area (Å²) in [6.45, 7) is 0. The van der Waals surface area contributed by atoms with Gasteiger partial charge in [0.1, 0.15) is 0 Å². The fourth-order valence-electron chi connectivity index (χ4n) is 6.29. The Balaban J connectivity index is 1.86. The number of hydrogen-bond donors (Lipinski definition) is 0. The molecule has 3 aliphatic rings. The first-order valence-electron chi connectivity index (χ1n) is 10.5. The summed E-state index contributed by atoms with van der Waals surface area (Å²) in [7, 11) is -2.14. The van der Waals surface area contributed by atoms with E-state index in [0.717, 1.165) is 5.92 Å². The Hall–Kier alpha value is -2.12. The SMILES string of the molecule is c1ccc([Si](c2ccccc2)(c2ccccc2)C23CCC(CC2)CC3)cc1. The molecule has 27 heavy (non-hydrogen) atoms. The van der Waals surface area contributed by atoms with Crippen molar-refractivity contribution in [2.45, 2.75) is 43.6 Å². The first kappa shape index (κ1) is 17.0. The lowest BCUT2D eigenvalue weighted by Gasteiger charge is -2.57. The molecular weight excluding hydrogens is 340 g/mol. The van der Waals surface area contributed by atoms with E-state index in [0.29, 0.717) is 5.04 Å². The van der Waals surface area contributed by atoms with Gasteiger partial charge >= 0.3 is 0 Å². The van der Waals surface area contributed by atoms with E-state index in [-0.39, 0.29) is 0 Å². The lowest BCUT2D eigenvalue weighted by atomic mass is 9.70. The molecule has 3 aromatic rings. The highest BCUT2D eigenvalue weighted by atomic mass is 28.3. The molecule has 0 amide bonds. The van der Waals surface area contributed by atoms with E-state index in [1.54, 1.807) is 15.6 Å². The molecule has 6 rings (SSSR count). The second-order valence-electron chi connectivity index (χ2n) is 8.61. The third-order valence-corrected chi connectivity index (χ3v) is 13.4. The van der Waals surface area contributed by atoms with Gasteiger partial charge in [-0.1, -0.05) is 110 Å². The Morgan fingerprint density at radius 1 is 0.519 bits per heavy atom. The average molecular weight is 369 g/mol. The molecule has 0 radical (unpaired) electrons.